The van der Waals surface area contributed by atoms with Gasteiger partial charge in [-0.3, -0.25) is 0 Å². The molecule has 0 aromatic carbocycles. The number of piperidine rings is 1. The zero-order chi connectivity index (χ0) is 13.4. The SMILES string of the molecule is CCC(O)(CC)CNCCCN1CCCCC1C. The van der Waals surface area contributed by atoms with Crippen molar-refractivity contribution in [3.05, 3.63) is 0 Å². The predicted octanol–water partition coefficient (Wildman–Crippen LogP) is 2.39. The Morgan fingerprint density at radius 2 is 2.00 bits per heavy atom. The maximum absolute atomic E-state index is 10.1. The van der Waals surface area contributed by atoms with Crippen LogP contribution in [0.2, 0.25) is 0 Å². The van der Waals surface area contributed by atoms with Crippen LogP contribution in [0, 0.1) is 0 Å². The molecule has 1 fully saturated rings. The molecule has 1 atom stereocenters. The number of nitrogens with zero attached hydrogens (tertiary/aromatic N) is 1. The van der Waals surface area contributed by atoms with Crippen molar-refractivity contribution in [3.63, 3.8) is 0 Å². The molecule has 0 aromatic rings. The highest BCUT2D eigenvalue weighted by molar-refractivity contribution is 4.78. The summed E-state index contributed by atoms with van der Waals surface area (Å²) < 4.78 is 0. The average Bonchev–Trinajstić information content (AvgIpc) is 2.40. The Bertz CT molecular complexity index is 217. The van der Waals surface area contributed by atoms with E-state index in [1.807, 2.05) is 0 Å². The van der Waals surface area contributed by atoms with E-state index in [2.05, 4.69) is 31.0 Å². The molecule has 3 heteroatoms. The summed E-state index contributed by atoms with van der Waals surface area (Å²) in [7, 11) is 0. The topological polar surface area (TPSA) is 35.5 Å². The second-order valence-electron chi connectivity index (χ2n) is 5.84. The molecule has 108 valence electrons. The summed E-state index contributed by atoms with van der Waals surface area (Å²) in [5, 5.41) is 13.6. The molecule has 0 radical (unpaired) electrons. The van der Waals surface area contributed by atoms with Crippen molar-refractivity contribution in [2.45, 2.75) is 70.9 Å². The fraction of sp³-hybridized carbons (Fsp3) is 1.00. The highest BCUT2D eigenvalue weighted by atomic mass is 16.3. The molecule has 0 saturated carbocycles. The van der Waals surface area contributed by atoms with Gasteiger partial charge in [-0.05, 0) is 58.7 Å². The molecular weight excluding hydrogens is 224 g/mol. The first-order valence-corrected chi connectivity index (χ1v) is 7.78. The van der Waals surface area contributed by atoms with Gasteiger partial charge in [0.05, 0.1) is 5.60 Å². The average molecular weight is 256 g/mol. The number of hydrogen-bond acceptors (Lipinski definition) is 3. The van der Waals surface area contributed by atoms with Gasteiger partial charge in [-0.15, -0.1) is 0 Å². The summed E-state index contributed by atoms with van der Waals surface area (Å²) >= 11 is 0. The Morgan fingerprint density at radius 1 is 1.28 bits per heavy atom. The van der Waals surface area contributed by atoms with Crippen molar-refractivity contribution in [1.29, 1.82) is 0 Å². The highest BCUT2D eigenvalue weighted by Gasteiger charge is 2.21. The van der Waals surface area contributed by atoms with Crippen molar-refractivity contribution in [3.8, 4) is 0 Å². The molecule has 1 unspecified atom stereocenters. The molecule has 0 aliphatic carbocycles. The summed E-state index contributed by atoms with van der Waals surface area (Å²) in [6, 6.07) is 0.766. The zero-order valence-electron chi connectivity index (χ0n) is 12.5. The molecule has 1 aliphatic heterocycles. The van der Waals surface area contributed by atoms with Crippen molar-refractivity contribution in [2.24, 2.45) is 0 Å². The first kappa shape index (κ1) is 15.9. The molecular formula is C15H32N2O. The third kappa shape index (κ3) is 5.25. The van der Waals surface area contributed by atoms with Crippen LogP contribution >= 0.6 is 0 Å². The molecule has 0 spiro atoms. The van der Waals surface area contributed by atoms with E-state index >= 15 is 0 Å². The van der Waals surface area contributed by atoms with Crippen LogP contribution in [0.15, 0.2) is 0 Å². The van der Waals surface area contributed by atoms with Crippen LogP contribution in [-0.2, 0) is 0 Å². The van der Waals surface area contributed by atoms with Gasteiger partial charge in [0.25, 0.3) is 0 Å². The Labute approximate surface area is 113 Å². The third-order valence-electron chi connectivity index (χ3n) is 4.51. The second kappa shape index (κ2) is 8.13. The van der Waals surface area contributed by atoms with Crippen LogP contribution < -0.4 is 5.32 Å². The second-order valence-corrected chi connectivity index (χ2v) is 5.84. The van der Waals surface area contributed by atoms with Crippen LogP contribution in [-0.4, -0.2) is 47.8 Å². The Hall–Kier alpha value is -0.120. The minimum atomic E-state index is -0.502. The molecule has 0 aromatic heterocycles. The minimum absolute atomic E-state index is 0.502. The lowest BCUT2D eigenvalue weighted by Crippen LogP contribution is -2.41. The van der Waals surface area contributed by atoms with Crippen molar-refractivity contribution < 1.29 is 5.11 Å². The van der Waals surface area contributed by atoms with Gasteiger partial charge in [-0.1, -0.05) is 20.3 Å². The predicted molar refractivity (Wildman–Crippen MR) is 77.9 cm³/mol. The molecule has 1 heterocycles. The van der Waals surface area contributed by atoms with Gasteiger partial charge in [0, 0.05) is 12.6 Å². The molecule has 1 saturated heterocycles. The van der Waals surface area contributed by atoms with Gasteiger partial charge in [0.2, 0.25) is 0 Å². The van der Waals surface area contributed by atoms with E-state index in [0.717, 1.165) is 32.0 Å². The van der Waals surface area contributed by atoms with E-state index in [9.17, 15) is 5.11 Å². The largest absolute Gasteiger partial charge is 0.389 e. The van der Waals surface area contributed by atoms with Crippen molar-refractivity contribution >= 4 is 0 Å². The molecule has 1 rings (SSSR count). The lowest BCUT2D eigenvalue weighted by molar-refractivity contribution is 0.0324. The van der Waals surface area contributed by atoms with Crippen LogP contribution in [0.4, 0.5) is 0 Å². The van der Waals surface area contributed by atoms with Gasteiger partial charge in [-0.25, -0.2) is 0 Å². The summed E-state index contributed by atoms with van der Waals surface area (Å²) in [4.78, 5) is 2.61. The van der Waals surface area contributed by atoms with Crippen LogP contribution in [0.3, 0.4) is 0 Å². The molecule has 3 nitrogen and oxygen atoms in total. The number of likely N-dealkylation sites (tertiary alicyclic amines) is 1. The fourth-order valence-electron chi connectivity index (χ4n) is 2.72. The first-order valence-electron chi connectivity index (χ1n) is 7.78. The Kier molecular flexibility index (Phi) is 7.20. The van der Waals surface area contributed by atoms with Crippen molar-refractivity contribution in [2.75, 3.05) is 26.2 Å². The zero-order valence-corrected chi connectivity index (χ0v) is 12.5. The number of hydrogen-bond donors (Lipinski definition) is 2. The van der Waals surface area contributed by atoms with Crippen LogP contribution in [0.5, 0.6) is 0 Å². The molecule has 18 heavy (non-hydrogen) atoms. The summed E-state index contributed by atoms with van der Waals surface area (Å²) in [6.45, 7) is 10.7. The van der Waals surface area contributed by atoms with E-state index in [1.165, 1.54) is 38.8 Å². The van der Waals surface area contributed by atoms with Crippen LogP contribution in [0.25, 0.3) is 0 Å². The van der Waals surface area contributed by atoms with E-state index in [4.69, 9.17) is 0 Å². The highest BCUT2D eigenvalue weighted by Crippen LogP contribution is 2.16. The van der Waals surface area contributed by atoms with E-state index in [0.29, 0.717) is 0 Å². The number of nitrogens with one attached hydrogen (secondary N) is 1. The summed E-state index contributed by atoms with van der Waals surface area (Å²) in [5.74, 6) is 0. The summed E-state index contributed by atoms with van der Waals surface area (Å²) in [6.07, 6.45) is 6.98. The third-order valence-corrected chi connectivity index (χ3v) is 4.51. The van der Waals surface area contributed by atoms with E-state index in [-0.39, 0.29) is 0 Å². The molecule has 0 bridgehead atoms. The van der Waals surface area contributed by atoms with Crippen LogP contribution in [0.1, 0.15) is 59.3 Å². The lowest BCUT2D eigenvalue weighted by atomic mass is 9.97. The maximum atomic E-state index is 10.1. The Balaban J connectivity index is 2.07. The maximum Gasteiger partial charge on any atom is 0.0766 e. The summed E-state index contributed by atoms with van der Waals surface area (Å²) in [5.41, 5.74) is -0.502. The van der Waals surface area contributed by atoms with Crippen molar-refractivity contribution in [1.82, 2.24) is 10.2 Å². The van der Waals surface area contributed by atoms with Gasteiger partial charge in [0.1, 0.15) is 0 Å². The fourth-order valence-corrected chi connectivity index (χ4v) is 2.72. The quantitative estimate of drug-likeness (QED) is 0.655. The molecule has 2 N–H and O–H groups in total. The Morgan fingerprint density at radius 3 is 2.61 bits per heavy atom. The standard InChI is InChI=1S/C15H32N2O/c1-4-15(18,5-2)13-16-10-8-12-17-11-7-6-9-14(17)3/h14,16,18H,4-13H2,1-3H3. The number of rotatable bonds is 8. The normalized spacial score (nSPS) is 22.3. The molecule has 1 aliphatic rings. The van der Waals surface area contributed by atoms with E-state index < -0.39 is 5.60 Å². The lowest BCUT2D eigenvalue weighted by Gasteiger charge is -2.33. The van der Waals surface area contributed by atoms with Gasteiger partial charge < -0.3 is 15.3 Å². The monoisotopic (exact) mass is 256 g/mol. The number of aliphatic hydroxyl groups is 1. The van der Waals surface area contributed by atoms with Gasteiger partial charge in [0.15, 0.2) is 0 Å². The van der Waals surface area contributed by atoms with E-state index in [1.54, 1.807) is 0 Å². The first-order chi connectivity index (χ1) is 8.61. The van der Waals surface area contributed by atoms with Gasteiger partial charge in [-0.2, -0.15) is 0 Å². The smallest absolute Gasteiger partial charge is 0.0766 e. The molecule has 0 amide bonds. The van der Waals surface area contributed by atoms with Gasteiger partial charge >= 0.3 is 0 Å². The minimum Gasteiger partial charge on any atom is -0.389 e.